The maximum Gasteiger partial charge on any atom is 0.223 e. The normalized spacial score (nSPS) is 32.4. The molecule has 0 bridgehead atoms. The molecule has 4 rings (SSSR count). The zero-order valence-corrected chi connectivity index (χ0v) is 15.8. The number of benzene rings is 1. The summed E-state index contributed by atoms with van der Waals surface area (Å²) in [6, 6.07) is 10.7. The number of aliphatic hydroxyl groups is 1. The van der Waals surface area contributed by atoms with Crippen molar-refractivity contribution in [3.05, 3.63) is 35.9 Å². The van der Waals surface area contributed by atoms with Gasteiger partial charge in [-0.2, -0.15) is 0 Å². The Morgan fingerprint density at radius 2 is 1.77 bits per heavy atom. The van der Waals surface area contributed by atoms with Crippen LogP contribution in [0.5, 0.6) is 0 Å². The predicted molar refractivity (Wildman–Crippen MR) is 103 cm³/mol. The first kappa shape index (κ1) is 18.0. The third-order valence-corrected chi connectivity index (χ3v) is 6.94. The number of carbonyl (C=O) groups is 1. The summed E-state index contributed by atoms with van der Waals surface area (Å²) in [5.41, 5.74) is 0.367. The van der Waals surface area contributed by atoms with Gasteiger partial charge in [-0.05, 0) is 37.7 Å². The number of rotatable bonds is 4. The molecule has 2 aliphatic heterocycles. The largest absolute Gasteiger partial charge is 0.385 e. The molecule has 1 aromatic rings. The standard InChI is InChI=1S/C22H32N2O2/c25-21(24-14-6-7-15-24)12-16-23-17-13-22(26,18-8-2-1-3-9-18)19-10-4-5-11-20(19)23/h1-3,8-9,19-20,26H,4-7,10-17H2/t19-,20-,22+/m0/s1. The van der Waals surface area contributed by atoms with Gasteiger partial charge in [-0.25, -0.2) is 0 Å². The highest BCUT2D eigenvalue weighted by Gasteiger charge is 2.48. The predicted octanol–water partition coefficient (Wildman–Crippen LogP) is 3.15. The monoisotopic (exact) mass is 356 g/mol. The molecule has 0 aromatic heterocycles. The van der Waals surface area contributed by atoms with Crippen molar-refractivity contribution < 1.29 is 9.90 Å². The van der Waals surface area contributed by atoms with Gasteiger partial charge in [0.15, 0.2) is 0 Å². The van der Waals surface area contributed by atoms with Crippen LogP contribution in [0.15, 0.2) is 30.3 Å². The van der Waals surface area contributed by atoms with Crippen molar-refractivity contribution in [2.24, 2.45) is 5.92 Å². The minimum absolute atomic E-state index is 0.286. The minimum atomic E-state index is -0.707. The Morgan fingerprint density at radius 1 is 1.04 bits per heavy atom. The molecule has 3 atom stereocenters. The quantitative estimate of drug-likeness (QED) is 0.901. The van der Waals surface area contributed by atoms with Crippen LogP contribution in [0.2, 0.25) is 0 Å². The number of likely N-dealkylation sites (tertiary alicyclic amines) is 2. The van der Waals surface area contributed by atoms with E-state index in [4.69, 9.17) is 0 Å². The third kappa shape index (κ3) is 3.41. The lowest BCUT2D eigenvalue weighted by atomic mass is 9.66. The number of hydrogen-bond donors (Lipinski definition) is 1. The van der Waals surface area contributed by atoms with E-state index in [0.717, 1.165) is 63.8 Å². The summed E-state index contributed by atoms with van der Waals surface area (Å²) < 4.78 is 0. The second-order valence-electron chi connectivity index (χ2n) is 8.37. The Morgan fingerprint density at radius 3 is 2.54 bits per heavy atom. The van der Waals surface area contributed by atoms with Gasteiger partial charge in [0.05, 0.1) is 5.60 Å². The van der Waals surface area contributed by atoms with Gasteiger partial charge in [0.1, 0.15) is 0 Å². The van der Waals surface area contributed by atoms with E-state index in [-0.39, 0.29) is 5.92 Å². The van der Waals surface area contributed by atoms with E-state index in [0.29, 0.717) is 18.4 Å². The third-order valence-electron chi connectivity index (χ3n) is 6.94. The average molecular weight is 357 g/mol. The fourth-order valence-electron chi connectivity index (χ4n) is 5.50. The average Bonchev–Trinajstić information content (AvgIpc) is 3.23. The van der Waals surface area contributed by atoms with Gasteiger partial charge in [0.2, 0.25) is 5.91 Å². The second-order valence-corrected chi connectivity index (χ2v) is 8.37. The molecule has 3 aliphatic rings. The summed E-state index contributed by atoms with van der Waals surface area (Å²) in [7, 11) is 0. The number of carbonyl (C=O) groups excluding carboxylic acids is 1. The fraction of sp³-hybridized carbons (Fsp3) is 0.682. The Hall–Kier alpha value is -1.39. The Labute approximate surface area is 157 Å². The molecule has 1 N–H and O–H groups in total. The lowest BCUT2D eigenvalue weighted by Crippen LogP contribution is -2.57. The van der Waals surface area contributed by atoms with Gasteiger partial charge in [-0.15, -0.1) is 0 Å². The van der Waals surface area contributed by atoms with Crippen LogP contribution in [0, 0.1) is 5.92 Å². The summed E-state index contributed by atoms with van der Waals surface area (Å²) in [5, 5.41) is 11.6. The Kier molecular flexibility index (Phi) is 5.32. The lowest BCUT2D eigenvalue weighted by molar-refractivity contribution is -0.134. The first-order chi connectivity index (χ1) is 12.7. The summed E-state index contributed by atoms with van der Waals surface area (Å²) in [4.78, 5) is 17.0. The van der Waals surface area contributed by atoms with Crippen LogP contribution in [0.3, 0.4) is 0 Å². The first-order valence-electron chi connectivity index (χ1n) is 10.5. The molecule has 0 unspecified atom stereocenters. The molecule has 1 aromatic carbocycles. The van der Waals surface area contributed by atoms with Gasteiger partial charge in [-0.3, -0.25) is 9.69 Å². The van der Waals surface area contributed by atoms with Gasteiger partial charge in [0.25, 0.3) is 0 Å². The van der Waals surface area contributed by atoms with Crippen LogP contribution in [-0.2, 0) is 10.4 Å². The molecule has 26 heavy (non-hydrogen) atoms. The summed E-state index contributed by atoms with van der Waals surface area (Å²) in [6.07, 6.45) is 8.40. The van der Waals surface area contributed by atoms with Crippen molar-refractivity contribution in [1.82, 2.24) is 9.80 Å². The highest BCUT2D eigenvalue weighted by molar-refractivity contribution is 5.76. The molecule has 2 heterocycles. The molecule has 1 aliphatic carbocycles. The van der Waals surface area contributed by atoms with Crippen molar-refractivity contribution in [3.8, 4) is 0 Å². The van der Waals surface area contributed by atoms with Gasteiger partial charge in [0, 0.05) is 44.6 Å². The van der Waals surface area contributed by atoms with Gasteiger partial charge in [-0.1, -0.05) is 43.2 Å². The van der Waals surface area contributed by atoms with Crippen molar-refractivity contribution in [1.29, 1.82) is 0 Å². The molecule has 142 valence electrons. The summed E-state index contributed by atoms with van der Waals surface area (Å²) in [6.45, 7) is 3.62. The van der Waals surface area contributed by atoms with E-state index in [9.17, 15) is 9.90 Å². The maximum atomic E-state index is 12.4. The SMILES string of the molecule is O=C(CCN1CC[C@@](O)(c2ccccc2)[C@H]2CCCC[C@@H]21)N1CCCC1. The van der Waals surface area contributed by atoms with Crippen LogP contribution in [0.25, 0.3) is 0 Å². The van der Waals surface area contributed by atoms with Crippen LogP contribution in [0.1, 0.15) is 56.9 Å². The van der Waals surface area contributed by atoms with E-state index in [1.165, 1.54) is 12.8 Å². The highest BCUT2D eigenvalue weighted by atomic mass is 16.3. The summed E-state index contributed by atoms with van der Waals surface area (Å²) in [5.74, 6) is 0.605. The van der Waals surface area contributed by atoms with Crippen LogP contribution >= 0.6 is 0 Å². The molecule has 0 radical (unpaired) electrons. The number of amides is 1. The molecule has 2 saturated heterocycles. The van der Waals surface area contributed by atoms with Crippen LogP contribution in [-0.4, -0.2) is 53.0 Å². The minimum Gasteiger partial charge on any atom is -0.385 e. The number of hydrogen-bond acceptors (Lipinski definition) is 3. The van der Waals surface area contributed by atoms with Crippen molar-refractivity contribution >= 4 is 5.91 Å². The molecule has 4 nitrogen and oxygen atoms in total. The second kappa shape index (κ2) is 7.69. The van der Waals surface area contributed by atoms with Crippen molar-refractivity contribution in [3.63, 3.8) is 0 Å². The smallest absolute Gasteiger partial charge is 0.223 e. The van der Waals surface area contributed by atoms with E-state index in [1.54, 1.807) is 0 Å². The zero-order valence-electron chi connectivity index (χ0n) is 15.8. The first-order valence-corrected chi connectivity index (χ1v) is 10.5. The number of nitrogens with zero attached hydrogens (tertiary/aromatic N) is 2. The topological polar surface area (TPSA) is 43.8 Å². The van der Waals surface area contributed by atoms with Crippen LogP contribution in [0.4, 0.5) is 0 Å². The zero-order chi connectivity index (χ0) is 18.0. The van der Waals surface area contributed by atoms with E-state index in [1.807, 2.05) is 23.1 Å². The van der Waals surface area contributed by atoms with Crippen molar-refractivity contribution in [2.75, 3.05) is 26.2 Å². The van der Waals surface area contributed by atoms with E-state index < -0.39 is 5.60 Å². The lowest BCUT2D eigenvalue weighted by Gasteiger charge is -2.52. The van der Waals surface area contributed by atoms with E-state index >= 15 is 0 Å². The Bertz CT molecular complexity index is 614. The molecule has 1 saturated carbocycles. The molecule has 0 spiro atoms. The fourth-order valence-corrected chi connectivity index (χ4v) is 5.50. The van der Waals surface area contributed by atoms with Gasteiger partial charge < -0.3 is 10.0 Å². The Balaban J connectivity index is 1.45. The molecule has 3 fully saturated rings. The van der Waals surface area contributed by atoms with E-state index in [2.05, 4.69) is 17.0 Å². The number of piperidine rings is 1. The summed E-state index contributed by atoms with van der Waals surface area (Å²) >= 11 is 0. The molecular weight excluding hydrogens is 324 g/mol. The molecule has 1 amide bonds. The van der Waals surface area contributed by atoms with Crippen molar-refractivity contribution in [2.45, 2.75) is 63.0 Å². The maximum absolute atomic E-state index is 12.4. The van der Waals surface area contributed by atoms with Crippen LogP contribution < -0.4 is 0 Å². The highest BCUT2D eigenvalue weighted by Crippen LogP contribution is 2.46. The number of fused-ring (bicyclic) bond motifs is 1. The van der Waals surface area contributed by atoms with Gasteiger partial charge >= 0.3 is 0 Å². The molecular formula is C22H32N2O2. The molecule has 4 heteroatoms.